The van der Waals surface area contributed by atoms with Crippen molar-refractivity contribution < 1.29 is 4.39 Å². The molecule has 0 radical (unpaired) electrons. The first-order chi connectivity index (χ1) is 6.25. The Morgan fingerprint density at radius 3 is 2.69 bits per heavy atom. The van der Waals surface area contributed by atoms with E-state index in [1.165, 1.54) is 11.1 Å². The Labute approximate surface area is 78.2 Å². The minimum atomic E-state index is -0.594. The summed E-state index contributed by atoms with van der Waals surface area (Å²) < 4.78 is 12.5. The van der Waals surface area contributed by atoms with E-state index in [1.54, 1.807) is 0 Å². The van der Waals surface area contributed by atoms with Gasteiger partial charge in [0.05, 0.1) is 0 Å². The van der Waals surface area contributed by atoms with E-state index in [0.717, 1.165) is 6.54 Å². The molecular formula is C11H14FN. The molecule has 2 heteroatoms. The van der Waals surface area contributed by atoms with Gasteiger partial charge < -0.3 is 0 Å². The molecule has 1 aromatic carbocycles. The van der Waals surface area contributed by atoms with Crippen LogP contribution in [0, 0.1) is 6.92 Å². The van der Waals surface area contributed by atoms with Crippen molar-refractivity contribution >= 4 is 0 Å². The summed E-state index contributed by atoms with van der Waals surface area (Å²) in [6.07, 6.45) is -0.594. The fraction of sp³-hybridized carbons (Fsp3) is 0.455. The first-order valence-electron chi connectivity index (χ1n) is 4.66. The summed E-state index contributed by atoms with van der Waals surface area (Å²) in [6, 6.07) is 8.28. The molecule has 1 aliphatic rings. The van der Waals surface area contributed by atoms with Crippen LogP contribution >= 0.6 is 0 Å². The van der Waals surface area contributed by atoms with E-state index in [9.17, 15) is 4.39 Å². The van der Waals surface area contributed by atoms with Crippen molar-refractivity contribution in [3.8, 4) is 0 Å². The summed E-state index contributed by atoms with van der Waals surface area (Å²) in [5.41, 5.74) is 2.61. The lowest BCUT2D eigenvalue weighted by atomic mass is 10.1. The third kappa shape index (κ3) is 1.89. The summed E-state index contributed by atoms with van der Waals surface area (Å²) in [4.78, 5) is 2.13. The van der Waals surface area contributed by atoms with Gasteiger partial charge in [-0.1, -0.05) is 24.3 Å². The van der Waals surface area contributed by atoms with Crippen LogP contribution in [0.25, 0.3) is 0 Å². The highest BCUT2D eigenvalue weighted by atomic mass is 19.1. The molecule has 1 fully saturated rings. The minimum absolute atomic E-state index is 0.594. The van der Waals surface area contributed by atoms with Gasteiger partial charge in [0.1, 0.15) is 6.17 Å². The molecule has 0 spiro atoms. The normalized spacial score (nSPS) is 18.6. The van der Waals surface area contributed by atoms with E-state index in [4.69, 9.17) is 0 Å². The van der Waals surface area contributed by atoms with Gasteiger partial charge in [-0.15, -0.1) is 0 Å². The molecule has 1 saturated heterocycles. The molecule has 13 heavy (non-hydrogen) atoms. The molecule has 1 aliphatic heterocycles. The van der Waals surface area contributed by atoms with Crippen molar-refractivity contribution in [3.63, 3.8) is 0 Å². The molecule has 0 unspecified atom stereocenters. The summed E-state index contributed by atoms with van der Waals surface area (Å²) >= 11 is 0. The number of likely N-dealkylation sites (tertiary alicyclic amines) is 1. The van der Waals surface area contributed by atoms with Crippen LogP contribution in [0.1, 0.15) is 11.1 Å². The van der Waals surface area contributed by atoms with Crippen molar-refractivity contribution in [2.24, 2.45) is 0 Å². The molecule has 0 aliphatic carbocycles. The Balaban J connectivity index is 1.98. The molecule has 0 bridgehead atoms. The molecule has 0 saturated carbocycles. The maximum absolute atomic E-state index is 12.5. The predicted octanol–water partition coefficient (Wildman–Crippen LogP) is 2.15. The number of aryl methyl sites for hydroxylation is 1. The molecule has 2 rings (SSSR count). The number of hydrogen-bond acceptors (Lipinski definition) is 1. The van der Waals surface area contributed by atoms with Crippen LogP contribution in [0.4, 0.5) is 4.39 Å². The molecule has 70 valence electrons. The van der Waals surface area contributed by atoms with E-state index >= 15 is 0 Å². The lowest BCUT2D eigenvalue weighted by Gasteiger charge is -2.34. The smallest absolute Gasteiger partial charge is 0.125 e. The van der Waals surface area contributed by atoms with Gasteiger partial charge in [-0.3, -0.25) is 4.90 Å². The summed E-state index contributed by atoms with van der Waals surface area (Å²) in [5, 5.41) is 0. The van der Waals surface area contributed by atoms with Crippen molar-refractivity contribution in [1.29, 1.82) is 0 Å². The van der Waals surface area contributed by atoms with Crippen LogP contribution in [-0.4, -0.2) is 24.2 Å². The Morgan fingerprint density at radius 2 is 2.08 bits per heavy atom. The Bertz CT molecular complexity index is 292. The molecule has 0 N–H and O–H groups in total. The minimum Gasteiger partial charge on any atom is -0.293 e. The zero-order chi connectivity index (χ0) is 9.26. The van der Waals surface area contributed by atoms with E-state index in [1.807, 2.05) is 12.1 Å². The standard InChI is InChI=1S/C11H14FN/c1-9-4-2-3-5-10(9)6-13-7-11(12)8-13/h2-5,11H,6-8H2,1H3. The van der Waals surface area contributed by atoms with Gasteiger partial charge in [0.25, 0.3) is 0 Å². The van der Waals surface area contributed by atoms with Gasteiger partial charge in [0, 0.05) is 19.6 Å². The van der Waals surface area contributed by atoms with Crippen LogP contribution in [0.3, 0.4) is 0 Å². The summed E-state index contributed by atoms with van der Waals surface area (Å²) in [6.45, 7) is 4.21. The largest absolute Gasteiger partial charge is 0.293 e. The highest BCUT2D eigenvalue weighted by molar-refractivity contribution is 5.25. The van der Waals surface area contributed by atoms with Crippen molar-refractivity contribution in [2.75, 3.05) is 13.1 Å². The third-order valence-electron chi connectivity index (χ3n) is 2.57. The highest BCUT2D eigenvalue weighted by Crippen LogP contribution is 2.17. The van der Waals surface area contributed by atoms with Crippen molar-refractivity contribution in [3.05, 3.63) is 35.4 Å². The van der Waals surface area contributed by atoms with Crippen molar-refractivity contribution in [2.45, 2.75) is 19.6 Å². The maximum atomic E-state index is 12.5. The second-order valence-electron chi connectivity index (χ2n) is 3.72. The number of rotatable bonds is 2. The van der Waals surface area contributed by atoms with Gasteiger partial charge in [-0.25, -0.2) is 4.39 Å². The molecular weight excluding hydrogens is 165 g/mol. The number of nitrogens with zero attached hydrogens (tertiary/aromatic N) is 1. The van der Waals surface area contributed by atoms with Crippen LogP contribution in [0.2, 0.25) is 0 Å². The van der Waals surface area contributed by atoms with E-state index in [2.05, 4.69) is 24.0 Å². The summed E-state index contributed by atoms with van der Waals surface area (Å²) in [7, 11) is 0. The molecule has 0 amide bonds. The van der Waals surface area contributed by atoms with Crippen LogP contribution < -0.4 is 0 Å². The first-order valence-corrected chi connectivity index (χ1v) is 4.66. The average Bonchev–Trinajstić information content (AvgIpc) is 2.06. The Hall–Kier alpha value is -0.890. The lowest BCUT2D eigenvalue weighted by molar-refractivity contribution is 0.0589. The number of benzene rings is 1. The van der Waals surface area contributed by atoms with Crippen LogP contribution in [-0.2, 0) is 6.54 Å². The van der Waals surface area contributed by atoms with Gasteiger partial charge in [0.15, 0.2) is 0 Å². The second-order valence-corrected chi connectivity index (χ2v) is 3.72. The van der Waals surface area contributed by atoms with Gasteiger partial charge in [-0.05, 0) is 18.1 Å². The SMILES string of the molecule is Cc1ccccc1CN1CC(F)C1. The number of halogens is 1. The summed E-state index contributed by atoms with van der Waals surface area (Å²) in [5.74, 6) is 0. The quantitative estimate of drug-likeness (QED) is 0.672. The first kappa shape index (κ1) is 8.70. The topological polar surface area (TPSA) is 3.24 Å². The van der Waals surface area contributed by atoms with Crippen molar-refractivity contribution in [1.82, 2.24) is 4.90 Å². The van der Waals surface area contributed by atoms with Crippen LogP contribution in [0.15, 0.2) is 24.3 Å². The molecule has 1 aromatic rings. The monoisotopic (exact) mass is 179 g/mol. The fourth-order valence-corrected chi connectivity index (χ4v) is 1.66. The third-order valence-corrected chi connectivity index (χ3v) is 2.57. The molecule has 0 atom stereocenters. The van der Waals surface area contributed by atoms with Gasteiger partial charge >= 0.3 is 0 Å². The number of alkyl halides is 1. The Morgan fingerprint density at radius 1 is 1.38 bits per heavy atom. The zero-order valence-corrected chi connectivity index (χ0v) is 7.83. The fourth-order valence-electron chi connectivity index (χ4n) is 1.66. The highest BCUT2D eigenvalue weighted by Gasteiger charge is 2.25. The molecule has 0 aromatic heterocycles. The lowest BCUT2D eigenvalue weighted by Crippen LogP contribution is -2.47. The number of hydrogen-bond donors (Lipinski definition) is 0. The van der Waals surface area contributed by atoms with Gasteiger partial charge in [-0.2, -0.15) is 0 Å². The maximum Gasteiger partial charge on any atom is 0.125 e. The predicted molar refractivity (Wildman–Crippen MR) is 51.4 cm³/mol. The molecule has 1 heterocycles. The second kappa shape index (κ2) is 3.46. The average molecular weight is 179 g/mol. The van der Waals surface area contributed by atoms with E-state index in [0.29, 0.717) is 13.1 Å². The van der Waals surface area contributed by atoms with E-state index < -0.39 is 6.17 Å². The van der Waals surface area contributed by atoms with E-state index in [-0.39, 0.29) is 0 Å². The van der Waals surface area contributed by atoms with Gasteiger partial charge in [0.2, 0.25) is 0 Å². The Kier molecular flexibility index (Phi) is 2.32. The zero-order valence-electron chi connectivity index (χ0n) is 7.83. The molecule has 1 nitrogen and oxygen atoms in total. The van der Waals surface area contributed by atoms with Crippen LogP contribution in [0.5, 0.6) is 0 Å².